The number of para-hydroxylation sites is 1. The van der Waals surface area contributed by atoms with Crippen molar-refractivity contribution in [2.45, 2.75) is 6.92 Å². The maximum atomic E-state index is 13.4. The van der Waals surface area contributed by atoms with Crippen LogP contribution < -0.4 is 10.6 Å². The number of rotatable bonds is 2. The van der Waals surface area contributed by atoms with Gasteiger partial charge in [-0.3, -0.25) is 0 Å². The average Bonchev–Trinajstić information content (AvgIpc) is 2.35. The third-order valence-electron chi connectivity index (χ3n) is 2.43. The molecule has 0 fully saturated rings. The van der Waals surface area contributed by atoms with Crippen molar-refractivity contribution in [3.05, 3.63) is 59.9 Å². The minimum atomic E-state index is -0.328. The first-order valence-electron chi connectivity index (χ1n) is 5.54. The number of hydrogen-bond donors (Lipinski definition) is 2. The standard InChI is InChI=1S/C14H13FN2S/c1-10-6-8-11(9-7-10)16-14(18)17-13-5-3-2-4-12(13)15/h2-9H,1H3,(H2,16,17,18). The van der Waals surface area contributed by atoms with Crippen molar-refractivity contribution in [1.82, 2.24) is 0 Å². The van der Waals surface area contributed by atoms with Gasteiger partial charge in [-0.2, -0.15) is 0 Å². The molecule has 0 aliphatic rings. The molecular weight excluding hydrogens is 247 g/mol. The zero-order chi connectivity index (χ0) is 13.0. The second-order valence-corrected chi connectivity index (χ2v) is 4.33. The van der Waals surface area contributed by atoms with Gasteiger partial charge in [-0.15, -0.1) is 0 Å². The quantitative estimate of drug-likeness (QED) is 0.800. The van der Waals surface area contributed by atoms with Crippen molar-refractivity contribution in [2.24, 2.45) is 0 Å². The Morgan fingerprint density at radius 2 is 1.67 bits per heavy atom. The first-order valence-corrected chi connectivity index (χ1v) is 5.95. The molecule has 18 heavy (non-hydrogen) atoms. The van der Waals surface area contributed by atoms with E-state index in [-0.39, 0.29) is 5.82 Å². The smallest absolute Gasteiger partial charge is 0.175 e. The Bertz CT molecular complexity index is 552. The molecule has 0 aliphatic heterocycles. The van der Waals surface area contributed by atoms with Crippen LogP contribution in [0.25, 0.3) is 0 Å². The molecule has 0 aliphatic carbocycles. The highest BCUT2D eigenvalue weighted by Gasteiger charge is 2.02. The molecule has 0 amide bonds. The molecular formula is C14H13FN2S. The SMILES string of the molecule is Cc1ccc(NC(=S)Nc2ccccc2F)cc1. The fourth-order valence-electron chi connectivity index (χ4n) is 1.48. The summed E-state index contributed by atoms with van der Waals surface area (Å²) in [5.74, 6) is -0.328. The Balaban J connectivity index is 2.01. The molecule has 0 heterocycles. The van der Waals surface area contributed by atoms with E-state index >= 15 is 0 Å². The molecule has 0 spiro atoms. The summed E-state index contributed by atoms with van der Waals surface area (Å²) in [4.78, 5) is 0. The third kappa shape index (κ3) is 3.28. The van der Waals surface area contributed by atoms with E-state index in [2.05, 4.69) is 10.6 Å². The number of aryl methyl sites for hydroxylation is 1. The van der Waals surface area contributed by atoms with Gasteiger partial charge in [-0.05, 0) is 43.4 Å². The zero-order valence-electron chi connectivity index (χ0n) is 9.91. The molecule has 0 saturated carbocycles. The third-order valence-corrected chi connectivity index (χ3v) is 2.64. The van der Waals surface area contributed by atoms with Gasteiger partial charge in [0.1, 0.15) is 5.82 Å². The fourth-order valence-corrected chi connectivity index (χ4v) is 1.71. The van der Waals surface area contributed by atoms with Gasteiger partial charge in [-0.1, -0.05) is 29.8 Å². The summed E-state index contributed by atoms with van der Waals surface area (Å²) in [6.45, 7) is 2.01. The van der Waals surface area contributed by atoms with Gasteiger partial charge < -0.3 is 10.6 Å². The lowest BCUT2D eigenvalue weighted by Gasteiger charge is -2.11. The Morgan fingerprint density at radius 3 is 2.33 bits per heavy atom. The lowest BCUT2D eigenvalue weighted by Crippen LogP contribution is -2.19. The highest BCUT2D eigenvalue weighted by atomic mass is 32.1. The van der Waals surface area contributed by atoms with Crippen LogP contribution in [0.15, 0.2) is 48.5 Å². The topological polar surface area (TPSA) is 24.1 Å². The molecule has 2 N–H and O–H groups in total. The summed E-state index contributed by atoms with van der Waals surface area (Å²) >= 11 is 5.12. The second-order valence-electron chi connectivity index (χ2n) is 3.92. The van der Waals surface area contributed by atoms with E-state index < -0.39 is 0 Å². The highest BCUT2D eigenvalue weighted by Crippen LogP contribution is 2.14. The molecule has 0 radical (unpaired) electrons. The van der Waals surface area contributed by atoms with Crippen molar-refractivity contribution in [3.8, 4) is 0 Å². The van der Waals surface area contributed by atoms with Gasteiger partial charge in [0.05, 0.1) is 5.69 Å². The van der Waals surface area contributed by atoms with E-state index in [1.807, 2.05) is 31.2 Å². The number of thiocarbonyl (C=S) groups is 1. The van der Waals surface area contributed by atoms with Crippen molar-refractivity contribution >= 4 is 28.7 Å². The highest BCUT2D eigenvalue weighted by molar-refractivity contribution is 7.80. The van der Waals surface area contributed by atoms with Crippen LogP contribution in [0, 0.1) is 12.7 Å². The summed E-state index contributed by atoms with van der Waals surface area (Å²) < 4.78 is 13.4. The van der Waals surface area contributed by atoms with Gasteiger partial charge in [0.25, 0.3) is 0 Å². The summed E-state index contributed by atoms with van der Waals surface area (Å²) in [5, 5.41) is 6.18. The van der Waals surface area contributed by atoms with Crippen LogP contribution in [-0.4, -0.2) is 5.11 Å². The van der Waals surface area contributed by atoms with E-state index in [1.165, 1.54) is 11.6 Å². The molecule has 0 saturated heterocycles. The lowest BCUT2D eigenvalue weighted by atomic mass is 10.2. The van der Waals surface area contributed by atoms with Gasteiger partial charge >= 0.3 is 0 Å². The van der Waals surface area contributed by atoms with Crippen LogP contribution in [0.4, 0.5) is 15.8 Å². The van der Waals surface area contributed by atoms with E-state index in [0.29, 0.717) is 10.8 Å². The second kappa shape index (κ2) is 5.60. The molecule has 4 heteroatoms. The maximum absolute atomic E-state index is 13.4. The Morgan fingerprint density at radius 1 is 1.00 bits per heavy atom. The molecule has 2 aromatic carbocycles. The van der Waals surface area contributed by atoms with Crippen molar-refractivity contribution in [3.63, 3.8) is 0 Å². The van der Waals surface area contributed by atoms with Crippen LogP contribution in [0.3, 0.4) is 0 Å². The summed E-state index contributed by atoms with van der Waals surface area (Å²) in [7, 11) is 0. The monoisotopic (exact) mass is 260 g/mol. The lowest BCUT2D eigenvalue weighted by molar-refractivity contribution is 0.632. The van der Waals surface area contributed by atoms with Crippen LogP contribution >= 0.6 is 12.2 Å². The van der Waals surface area contributed by atoms with Crippen LogP contribution in [0.5, 0.6) is 0 Å². The Kier molecular flexibility index (Phi) is 3.89. The molecule has 0 bridgehead atoms. The normalized spacial score (nSPS) is 9.89. The molecule has 2 nitrogen and oxygen atoms in total. The molecule has 2 aromatic rings. The first kappa shape index (κ1) is 12.5. The minimum Gasteiger partial charge on any atom is -0.332 e. The van der Waals surface area contributed by atoms with Gasteiger partial charge in [0.2, 0.25) is 0 Å². The van der Waals surface area contributed by atoms with Crippen molar-refractivity contribution in [1.29, 1.82) is 0 Å². The Hall–Kier alpha value is -1.94. The molecule has 0 atom stereocenters. The number of nitrogens with one attached hydrogen (secondary N) is 2. The fraction of sp³-hybridized carbons (Fsp3) is 0.0714. The zero-order valence-corrected chi connectivity index (χ0v) is 10.7. The van der Waals surface area contributed by atoms with E-state index in [9.17, 15) is 4.39 Å². The van der Waals surface area contributed by atoms with E-state index in [0.717, 1.165) is 5.69 Å². The van der Waals surface area contributed by atoms with Gasteiger partial charge in [0, 0.05) is 5.69 Å². The predicted octanol–water partition coefficient (Wildman–Crippen LogP) is 3.94. The number of anilines is 2. The summed E-state index contributed by atoms with van der Waals surface area (Å²) in [6.07, 6.45) is 0. The molecule has 2 rings (SSSR count). The van der Waals surface area contributed by atoms with Crippen LogP contribution in [0.1, 0.15) is 5.56 Å². The molecule has 0 unspecified atom stereocenters. The van der Waals surface area contributed by atoms with Crippen LogP contribution in [0.2, 0.25) is 0 Å². The number of benzene rings is 2. The largest absolute Gasteiger partial charge is 0.332 e. The summed E-state index contributed by atoms with van der Waals surface area (Å²) in [6, 6.07) is 14.2. The Labute approximate surface area is 111 Å². The number of hydrogen-bond acceptors (Lipinski definition) is 1. The minimum absolute atomic E-state index is 0.328. The van der Waals surface area contributed by atoms with Crippen molar-refractivity contribution in [2.75, 3.05) is 10.6 Å². The van der Waals surface area contributed by atoms with Crippen LogP contribution in [-0.2, 0) is 0 Å². The first-order chi connectivity index (χ1) is 8.65. The molecule has 0 aromatic heterocycles. The van der Waals surface area contributed by atoms with Gasteiger partial charge in [0.15, 0.2) is 5.11 Å². The van der Waals surface area contributed by atoms with Crippen molar-refractivity contribution < 1.29 is 4.39 Å². The average molecular weight is 260 g/mol. The summed E-state index contributed by atoms with van der Waals surface area (Å²) in [5.41, 5.74) is 2.41. The molecule has 92 valence electrons. The number of halogens is 1. The maximum Gasteiger partial charge on any atom is 0.175 e. The van der Waals surface area contributed by atoms with E-state index in [1.54, 1.807) is 18.2 Å². The van der Waals surface area contributed by atoms with Gasteiger partial charge in [-0.25, -0.2) is 4.39 Å². The predicted molar refractivity (Wildman–Crippen MR) is 77.4 cm³/mol. The van der Waals surface area contributed by atoms with E-state index in [4.69, 9.17) is 12.2 Å².